The van der Waals surface area contributed by atoms with Gasteiger partial charge in [0.15, 0.2) is 9.84 Å². The van der Waals surface area contributed by atoms with Crippen molar-refractivity contribution in [3.63, 3.8) is 0 Å². The number of aromatic nitrogens is 1. The fourth-order valence-corrected chi connectivity index (χ4v) is 3.18. The lowest BCUT2D eigenvalue weighted by molar-refractivity contribution is -0.131. The summed E-state index contributed by atoms with van der Waals surface area (Å²) in [6.45, 7) is 1.31. The number of hydroxylamine groups is 1. The minimum atomic E-state index is -3.69. The summed E-state index contributed by atoms with van der Waals surface area (Å²) in [5.41, 5.74) is 4.07. The second kappa shape index (κ2) is 7.11. The number of aryl methyl sites for hydroxylation is 1. The molecule has 0 spiro atoms. The predicted octanol–water partition coefficient (Wildman–Crippen LogP) is 1.99. The van der Waals surface area contributed by atoms with Crippen molar-refractivity contribution in [1.29, 1.82) is 0 Å². The van der Waals surface area contributed by atoms with E-state index in [1.807, 2.05) is 42.5 Å². The van der Waals surface area contributed by atoms with Gasteiger partial charge in [-0.05, 0) is 31.4 Å². The molecule has 1 aromatic carbocycles. The molecule has 6 nitrogen and oxygen atoms in total. The summed E-state index contributed by atoms with van der Waals surface area (Å²) in [6, 6.07) is 13.4. The number of carbonyl (C=O) groups excluding carboxylic acids is 1. The maximum atomic E-state index is 11.9. The standard InChI is InChI=1S/C17H20N2O4S/c1-17(16(20)19-21,24(2,22)23)11-10-13-8-9-15(18-12-13)14-6-4-3-5-7-14/h3-9,12,21H,10-11H2,1-2H3,(H,19,20)/t17-/m1/s1. The van der Waals surface area contributed by atoms with Crippen LogP contribution in [0.5, 0.6) is 0 Å². The maximum absolute atomic E-state index is 11.9. The van der Waals surface area contributed by atoms with Gasteiger partial charge in [-0.3, -0.25) is 15.0 Å². The van der Waals surface area contributed by atoms with Crippen molar-refractivity contribution in [2.24, 2.45) is 0 Å². The van der Waals surface area contributed by atoms with Crippen LogP contribution in [-0.2, 0) is 21.1 Å². The van der Waals surface area contributed by atoms with Crippen LogP contribution in [-0.4, -0.2) is 35.5 Å². The normalized spacial score (nSPS) is 14.0. The maximum Gasteiger partial charge on any atom is 0.264 e. The zero-order chi connectivity index (χ0) is 17.8. The molecule has 0 aliphatic carbocycles. The Morgan fingerprint density at radius 2 is 1.88 bits per heavy atom. The van der Waals surface area contributed by atoms with Crippen LogP contribution in [0.2, 0.25) is 0 Å². The van der Waals surface area contributed by atoms with Gasteiger partial charge in [0.05, 0.1) is 5.69 Å². The van der Waals surface area contributed by atoms with Crippen molar-refractivity contribution in [3.05, 3.63) is 54.2 Å². The van der Waals surface area contributed by atoms with Crippen molar-refractivity contribution in [1.82, 2.24) is 10.5 Å². The summed E-state index contributed by atoms with van der Waals surface area (Å²) in [4.78, 5) is 16.2. The molecule has 24 heavy (non-hydrogen) atoms. The van der Waals surface area contributed by atoms with Crippen LogP contribution >= 0.6 is 0 Å². The number of pyridine rings is 1. The highest BCUT2D eigenvalue weighted by atomic mass is 32.2. The number of hydrogen-bond acceptors (Lipinski definition) is 5. The third-order valence-corrected chi connectivity index (χ3v) is 6.21. The van der Waals surface area contributed by atoms with E-state index in [-0.39, 0.29) is 6.42 Å². The Balaban J connectivity index is 2.15. The summed E-state index contributed by atoms with van der Waals surface area (Å²) in [5.74, 6) is -0.932. The van der Waals surface area contributed by atoms with Gasteiger partial charge < -0.3 is 0 Å². The van der Waals surface area contributed by atoms with Crippen LogP contribution in [0.4, 0.5) is 0 Å². The molecular formula is C17H20N2O4S. The molecule has 2 aromatic rings. The largest absolute Gasteiger partial charge is 0.289 e. The van der Waals surface area contributed by atoms with E-state index in [1.165, 1.54) is 12.4 Å². The second-order valence-electron chi connectivity index (χ2n) is 5.86. The Hall–Kier alpha value is -2.25. The molecule has 0 aliphatic heterocycles. The van der Waals surface area contributed by atoms with Crippen molar-refractivity contribution < 1.29 is 18.4 Å². The molecule has 1 aromatic heterocycles. The van der Waals surface area contributed by atoms with Crippen molar-refractivity contribution in [2.75, 3.05) is 6.26 Å². The van der Waals surface area contributed by atoms with Crippen molar-refractivity contribution >= 4 is 15.7 Å². The summed E-state index contributed by atoms with van der Waals surface area (Å²) in [5, 5.41) is 8.82. The number of rotatable bonds is 6. The molecule has 0 aliphatic rings. The molecule has 7 heteroatoms. The molecular weight excluding hydrogens is 328 g/mol. The number of carbonyl (C=O) groups is 1. The average Bonchev–Trinajstić information content (AvgIpc) is 2.59. The Morgan fingerprint density at radius 1 is 1.21 bits per heavy atom. The fourth-order valence-electron chi connectivity index (χ4n) is 2.32. The lowest BCUT2D eigenvalue weighted by Crippen LogP contribution is -2.49. The smallest absolute Gasteiger partial charge is 0.264 e. The predicted molar refractivity (Wildman–Crippen MR) is 91.2 cm³/mol. The SMILES string of the molecule is C[C@@](CCc1ccc(-c2ccccc2)nc1)(C(=O)NO)S(C)(=O)=O. The zero-order valence-electron chi connectivity index (χ0n) is 13.6. The lowest BCUT2D eigenvalue weighted by Gasteiger charge is -2.24. The Labute approximate surface area is 141 Å². The van der Waals surface area contributed by atoms with E-state index >= 15 is 0 Å². The Bertz CT molecular complexity index is 804. The van der Waals surface area contributed by atoms with Gasteiger partial charge in [0.2, 0.25) is 0 Å². The summed E-state index contributed by atoms with van der Waals surface area (Å²) < 4.78 is 22.2. The van der Waals surface area contributed by atoms with E-state index in [4.69, 9.17) is 5.21 Å². The molecule has 0 saturated heterocycles. The monoisotopic (exact) mass is 348 g/mol. The summed E-state index contributed by atoms with van der Waals surface area (Å²) in [6.07, 6.45) is 3.05. The molecule has 128 valence electrons. The van der Waals surface area contributed by atoms with Crippen LogP contribution in [0.3, 0.4) is 0 Å². The third kappa shape index (κ3) is 3.80. The van der Waals surface area contributed by atoms with Gasteiger partial charge in [-0.2, -0.15) is 0 Å². The third-order valence-electron chi connectivity index (χ3n) is 4.19. The van der Waals surface area contributed by atoms with Crippen LogP contribution in [0, 0.1) is 0 Å². The molecule has 0 radical (unpaired) electrons. The molecule has 1 atom stereocenters. The molecule has 1 amide bonds. The molecule has 0 bridgehead atoms. The minimum absolute atomic E-state index is 0.0462. The minimum Gasteiger partial charge on any atom is -0.289 e. The number of nitrogens with zero attached hydrogens (tertiary/aromatic N) is 1. The number of amides is 1. The van der Waals surface area contributed by atoms with Crippen LogP contribution in [0.15, 0.2) is 48.7 Å². The van der Waals surface area contributed by atoms with Crippen LogP contribution in [0.25, 0.3) is 11.3 Å². The first-order valence-corrected chi connectivity index (χ1v) is 9.31. The van der Waals surface area contributed by atoms with Gasteiger partial charge in [-0.15, -0.1) is 0 Å². The average molecular weight is 348 g/mol. The Morgan fingerprint density at radius 3 is 2.38 bits per heavy atom. The first-order chi connectivity index (χ1) is 11.3. The number of nitrogens with one attached hydrogen (secondary N) is 1. The Kier molecular flexibility index (Phi) is 5.36. The van der Waals surface area contributed by atoms with Gasteiger partial charge in [0.25, 0.3) is 5.91 Å². The van der Waals surface area contributed by atoms with E-state index in [9.17, 15) is 13.2 Å². The van der Waals surface area contributed by atoms with Crippen molar-refractivity contribution in [3.8, 4) is 11.3 Å². The fraction of sp³-hybridized carbons (Fsp3) is 0.294. The highest BCUT2D eigenvalue weighted by molar-refractivity contribution is 7.92. The van der Waals surface area contributed by atoms with E-state index in [0.717, 1.165) is 23.1 Å². The first-order valence-electron chi connectivity index (χ1n) is 7.42. The van der Waals surface area contributed by atoms with E-state index < -0.39 is 20.5 Å². The van der Waals surface area contributed by atoms with Gasteiger partial charge in [0.1, 0.15) is 4.75 Å². The van der Waals surface area contributed by atoms with E-state index in [1.54, 1.807) is 6.20 Å². The first kappa shape index (κ1) is 18.1. The molecule has 1 heterocycles. The molecule has 2 rings (SSSR count). The molecule has 0 unspecified atom stereocenters. The molecule has 2 N–H and O–H groups in total. The van der Waals surface area contributed by atoms with Crippen molar-refractivity contribution in [2.45, 2.75) is 24.5 Å². The van der Waals surface area contributed by atoms with Gasteiger partial charge in [0, 0.05) is 18.0 Å². The zero-order valence-corrected chi connectivity index (χ0v) is 14.4. The second-order valence-corrected chi connectivity index (χ2v) is 8.31. The van der Waals surface area contributed by atoms with Gasteiger partial charge >= 0.3 is 0 Å². The molecule has 0 fully saturated rings. The van der Waals surface area contributed by atoms with Crippen LogP contribution < -0.4 is 5.48 Å². The summed E-state index contributed by atoms with van der Waals surface area (Å²) >= 11 is 0. The highest BCUT2D eigenvalue weighted by Crippen LogP contribution is 2.24. The topological polar surface area (TPSA) is 96.4 Å². The van der Waals surface area contributed by atoms with E-state index in [2.05, 4.69) is 4.98 Å². The lowest BCUT2D eigenvalue weighted by atomic mass is 10.00. The van der Waals surface area contributed by atoms with Gasteiger partial charge in [-0.25, -0.2) is 13.9 Å². The molecule has 0 saturated carbocycles. The van der Waals surface area contributed by atoms with Gasteiger partial charge in [-0.1, -0.05) is 36.4 Å². The number of hydrogen-bond donors (Lipinski definition) is 2. The number of benzene rings is 1. The summed E-state index contributed by atoms with van der Waals surface area (Å²) in [7, 11) is -3.69. The number of sulfone groups is 1. The van der Waals surface area contributed by atoms with E-state index in [0.29, 0.717) is 6.42 Å². The van der Waals surface area contributed by atoms with Crippen LogP contribution in [0.1, 0.15) is 18.9 Å². The quantitative estimate of drug-likeness (QED) is 0.615. The highest BCUT2D eigenvalue weighted by Gasteiger charge is 2.43.